The molecule has 124 valence electrons. The molecule has 0 aliphatic carbocycles. The molecular formula is C19H28N4. The molecular weight excluding hydrogens is 284 g/mol. The van der Waals surface area contributed by atoms with E-state index < -0.39 is 0 Å². The molecule has 0 bridgehead atoms. The lowest BCUT2D eigenvalue weighted by Gasteiger charge is -2.12. The number of benzene rings is 1. The fraction of sp³-hybridized carbons (Fsp3) is 0.474. The van der Waals surface area contributed by atoms with Crippen molar-refractivity contribution in [2.75, 3.05) is 23.7 Å². The molecule has 0 amide bonds. The summed E-state index contributed by atoms with van der Waals surface area (Å²) in [5, 5.41) is 6.83. The highest BCUT2D eigenvalue weighted by atomic mass is 15.1. The highest BCUT2D eigenvalue weighted by Crippen LogP contribution is 2.20. The van der Waals surface area contributed by atoms with Crippen LogP contribution in [0.2, 0.25) is 0 Å². The van der Waals surface area contributed by atoms with Gasteiger partial charge in [-0.25, -0.2) is 9.97 Å². The van der Waals surface area contributed by atoms with E-state index in [9.17, 15) is 0 Å². The Morgan fingerprint density at radius 1 is 0.957 bits per heavy atom. The first-order chi connectivity index (χ1) is 11.2. The summed E-state index contributed by atoms with van der Waals surface area (Å²) in [4.78, 5) is 9.32. The molecule has 0 aliphatic rings. The lowest BCUT2D eigenvalue weighted by atomic mass is 10.2. The number of anilines is 2. The Labute approximate surface area is 139 Å². The summed E-state index contributed by atoms with van der Waals surface area (Å²) in [6.45, 7) is 8.45. The van der Waals surface area contributed by atoms with E-state index in [2.05, 4.69) is 41.4 Å². The SMILES string of the molecule is CCCCCNc1cc(NCC(C)C)nc(-c2ccccc2)n1. The Hall–Kier alpha value is -2.10. The van der Waals surface area contributed by atoms with Crippen molar-refractivity contribution in [1.29, 1.82) is 0 Å². The van der Waals surface area contributed by atoms with E-state index in [1.54, 1.807) is 0 Å². The first kappa shape index (κ1) is 17.3. The van der Waals surface area contributed by atoms with Crippen LogP contribution in [0.1, 0.15) is 40.0 Å². The van der Waals surface area contributed by atoms with E-state index >= 15 is 0 Å². The van der Waals surface area contributed by atoms with E-state index in [1.165, 1.54) is 12.8 Å². The summed E-state index contributed by atoms with van der Waals surface area (Å²) in [7, 11) is 0. The van der Waals surface area contributed by atoms with Gasteiger partial charge in [0.1, 0.15) is 11.6 Å². The van der Waals surface area contributed by atoms with Crippen LogP contribution >= 0.6 is 0 Å². The maximum Gasteiger partial charge on any atom is 0.163 e. The van der Waals surface area contributed by atoms with Gasteiger partial charge < -0.3 is 10.6 Å². The van der Waals surface area contributed by atoms with Crippen molar-refractivity contribution >= 4 is 11.6 Å². The molecule has 2 rings (SSSR count). The molecule has 0 radical (unpaired) electrons. The minimum absolute atomic E-state index is 0.575. The van der Waals surface area contributed by atoms with Crippen LogP contribution < -0.4 is 10.6 Å². The van der Waals surface area contributed by atoms with Crippen molar-refractivity contribution in [2.24, 2.45) is 5.92 Å². The van der Waals surface area contributed by atoms with Crippen molar-refractivity contribution < 1.29 is 0 Å². The lowest BCUT2D eigenvalue weighted by Crippen LogP contribution is -2.11. The van der Waals surface area contributed by atoms with Gasteiger partial charge in [-0.3, -0.25) is 0 Å². The fourth-order valence-electron chi connectivity index (χ4n) is 2.24. The molecule has 2 N–H and O–H groups in total. The highest BCUT2D eigenvalue weighted by Gasteiger charge is 2.07. The number of unbranched alkanes of at least 4 members (excludes halogenated alkanes) is 2. The zero-order valence-corrected chi connectivity index (χ0v) is 14.5. The Morgan fingerprint density at radius 3 is 2.30 bits per heavy atom. The second-order valence-electron chi connectivity index (χ2n) is 6.24. The number of nitrogens with one attached hydrogen (secondary N) is 2. The standard InChI is InChI=1S/C19H28N4/c1-4-5-9-12-20-17-13-18(21-14-15(2)3)23-19(22-17)16-10-7-6-8-11-16/h6-8,10-11,13,15H,4-5,9,12,14H2,1-3H3,(H2,20,21,22,23). The third kappa shape index (κ3) is 5.89. The first-order valence-electron chi connectivity index (χ1n) is 8.61. The molecule has 4 nitrogen and oxygen atoms in total. The average molecular weight is 312 g/mol. The minimum atomic E-state index is 0.575. The van der Waals surface area contributed by atoms with Crippen LogP contribution in [0.4, 0.5) is 11.6 Å². The van der Waals surface area contributed by atoms with E-state index in [1.807, 2.05) is 36.4 Å². The van der Waals surface area contributed by atoms with E-state index in [-0.39, 0.29) is 0 Å². The minimum Gasteiger partial charge on any atom is -0.370 e. The summed E-state index contributed by atoms with van der Waals surface area (Å²) in [5.74, 6) is 3.11. The normalized spacial score (nSPS) is 10.8. The summed E-state index contributed by atoms with van der Waals surface area (Å²) >= 11 is 0. The van der Waals surface area contributed by atoms with Crippen LogP contribution in [0.3, 0.4) is 0 Å². The van der Waals surface area contributed by atoms with Crippen LogP contribution in [0, 0.1) is 5.92 Å². The van der Waals surface area contributed by atoms with Gasteiger partial charge in [0.05, 0.1) is 0 Å². The van der Waals surface area contributed by atoms with E-state index in [0.717, 1.165) is 42.5 Å². The van der Waals surface area contributed by atoms with Gasteiger partial charge in [-0.2, -0.15) is 0 Å². The maximum atomic E-state index is 4.67. The van der Waals surface area contributed by atoms with Gasteiger partial charge in [0.25, 0.3) is 0 Å². The van der Waals surface area contributed by atoms with Crippen molar-refractivity contribution in [3.05, 3.63) is 36.4 Å². The molecule has 0 fully saturated rings. The van der Waals surface area contributed by atoms with Gasteiger partial charge in [0.2, 0.25) is 0 Å². The lowest BCUT2D eigenvalue weighted by molar-refractivity contribution is 0.687. The van der Waals surface area contributed by atoms with Gasteiger partial charge in [0, 0.05) is 24.7 Å². The van der Waals surface area contributed by atoms with Crippen molar-refractivity contribution in [2.45, 2.75) is 40.0 Å². The third-order valence-electron chi connectivity index (χ3n) is 3.54. The van der Waals surface area contributed by atoms with Crippen LogP contribution in [-0.4, -0.2) is 23.1 Å². The third-order valence-corrected chi connectivity index (χ3v) is 3.54. The molecule has 0 saturated carbocycles. The molecule has 23 heavy (non-hydrogen) atoms. The average Bonchev–Trinajstić information content (AvgIpc) is 2.57. The summed E-state index contributed by atoms with van der Waals surface area (Å²) in [6.07, 6.45) is 3.62. The predicted molar refractivity (Wildman–Crippen MR) is 98.8 cm³/mol. The van der Waals surface area contributed by atoms with Gasteiger partial charge in [-0.05, 0) is 12.3 Å². The molecule has 0 aliphatic heterocycles. The smallest absolute Gasteiger partial charge is 0.163 e. The quantitative estimate of drug-likeness (QED) is 0.652. The van der Waals surface area contributed by atoms with Crippen LogP contribution in [0.15, 0.2) is 36.4 Å². The van der Waals surface area contributed by atoms with Crippen LogP contribution in [-0.2, 0) is 0 Å². The molecule has 1 aromatic carbocycles. The molecule has 2 aromatic rings. The Morgan fingerprint density at radius 2 is 1.65 bits per heavy atom. The number of aromatic nitrogens is 2. The topological polar surface area (TPSA) is 49.8 Å². The van der Waals surface area contributed by atoms with Crippen LogP contribution in [0.5, 0.6) is 0 Å². The van der Waals surface area contributed by atoms with E-state index in [0.29, 0.717) is 5.92 Å². The summed E-state index contributed by atoms with van der Waals surface area (Å²) < 4.78 is 0. The van der Waals surface area contributed by atoms with Gasteiger partial charge in [-0.1, -0.05) is 63.9 Å². The molecule has 0 saturated heterocycles. The second-order valence-corrected chi connectivity index (χ2v) is 6.24. The van der Waals surface area contributed by atoms with E-state index in [4.69, 9.17) is 0 Å². The van der Waals surface area contributed by atoms with Crippen molar-refractivity contribution in [1.82, 2.24) is 9.97 Å². The molecule has 0 unspecified atom stereocenters. The number of nitrogens with zero attached hydrogens (tertiary/aromatic N) is 2. The summed E-state index contributed by atoms with van der Waals surface area (Å²) in [6, 6.07) is 12.1. The van der Waals surface area contributed by atoms with Crippen molar-refractivity contribution in [3.63, 3.8) is 0 Å². The molecule has 1 heterocycles. The molecule has 4 heteroatoms. The largest absolute Gasteiger partial charge is 0.370 e. The molecule has 1 aromatic heterocycles. The molecule has 0 atom stereocenters. The Balaban J connectivity index is 2.17. The monoisotopic (exact) mass is 312 g/mol. The maximum absolute atomic E-state index is 4.67. The second kappa shape index (κ2) is 9.13. The highest BCUT2D eigenvalue weighted by molar-refractivity contribution is 5.61. The molecule has 0 spiro atoms. The zero-order chi connectivity index (χ0) is 16.5. The Bertz CT molecular complexity index is 581. The number of rotatable bonds is 9. The van der Waals surface area contributed by atoms with Gasteiger partial charge in [-0.15, -0.1) is 0 Å². The first-order valence-corrected chi connectivity index (χ1v) is 8.61. The van der Waals surface area contributed by atoms with Crippen molar-refractivity contribution in [3.8, 4) is 11.4 Å². The van der Waals surface area contributed by atoms with Gasteiger partial charge >= 0.3 is 0 Å². The summed E-state index contributed by atoms with van der Waals surface area (Å²) in [5.41, 5.74) is 1.04. The van der Waals surface area contributed by atoms with Crippen LogP contribution in [0.25, 0.3) is 11.4 Å². The van der Waals surface area contributed by atoms with Gasteiger partial charge in [0.15, 0.2) is 5.82 Å². The predicted octanol–water partition coefficient (Wildman–Crippen LogP) is 4.81. The zero-order valence-electron chi connectivity index (χ0n) is 14.5. The fourth-order valence-corrected chi connectivity index (χ4v) is 2.24. The number of hydrogen-bond donors (Lipinski definition) is 2. The number of hydrogen-bond acceptors (Lipinski definition) is 4. The Kier molecular flexibility index (Phi) is 6.85.